The zero-order valence-electron chi connectivity index (χ0n) is 15.3. The van der Waals surface area contributed by atoms with Gasteiger partial charge in [0.25, 0.3) is 11.2 Å². The first-order chi connectivity index (χ1) is 9.14. The van der Waals surface area contributed by atoms with Gasteiger partial charge in [0.1, 0.15) is 11.2 Å². The van der Waals surface area contributed by atoms with E-state index in [1.165, 1.54) is 0 Å². The molecule has 0 rings (SSSR count). The number of carbonyl (C=O) groups excluding carboxylic acids is 2. The van der Waals surface area contributed by atoms with E-state index in [0.717, 1.165) is 0 Å². The average molecular weight is 317 g/mol. The van der Waals surface area contributed by atoms with Gasteiger partial charge in [-0.15, -0.1) is 0 Å². The van der Waals surface area contributed by atoms with E-state index in [4.69, 9.17) is 9.47 Å². The second-order valence-electron chi connectivity index (χ2n) is 8.18. The van der Waals surface area contributed by atoms with Crippen molar-refractivity contribution in [1.82, 2.24) is 0 Å². The van der Waals surface area contributed by atoms with Crippen LogP contribution >= 0.6 is 0 Å². The fraction of sp³-hybridized carbons (Fsp3) is 0.875. The number of hydrogen-bond donors (Lipinski definition) is 0. The molecule has 4 nitrogen and oxygen atoms in total. The van der Waals surface area contributed by atoms with E-state index in [1.54, 1.807) is 0 Å². The van der Waals surface area contributed by atoms with Crippen molar-refractivity contribution in [2.24, 2.45) is 0 Å². The molecule has 0 aliphatic heterocycles. The van der Waals surface area contributed by atoms with Crippen LogP contribution in [0, 0.1) is 0 Å². The highest BCUT2D eigenvalue weighted by Crippen LogP contribution is 2.37. The van der Waals surface area contributed by atoms with E-state index in [2.05, 4.69) is 0 Å². The van der Waals surface area contributed by atoms with Crippen molar-refractivity contribution in [1.29, 1.82) is 0 Å². The third-order valence-electron chi connectivity index (χ3n) is 3.29. The Hall–Kier alpha value is -0.843. The lowest BCUT2D eigenvalue weighted by atomic mass is 10.2. The summed E-state index contributed by atoms with van der Waals surface area (Å²) in [4.78, 5) is 25.7. The Labute approximate surface area is 130 Å². The van der Waals surface area contributed by atoms with E-state index in [1.807, 2.05) is 69.2 Å². The number of hydrogen-bond acceptors (Lipinski definition) is 4. The van der Waals surface area contributed by atoms with Crippen LogP contribution in [0.2, 0.25) is 11.1 Å². The van der Waals surface area contributed by atoms with Gasteiger partial charge in [-0.3, -0.25) is 9.59 Å². The summed E-state index contributed by atoms with van der Waals surface area (Å²) in [6, 6.07) is 0. The molecule has 0 saturated carbocycles. The van der Waals surface area contributed by atoms with Gasteiger partial charge in [0.2, 0.25) is 0 Å². The molecule has 0 aromatic rings. The maximum absolute atomic E-state index is 12.8. The van der Waals surface area contributed by atoms with Crippen molar-refractivity contribution in [2.75, 3.05) is 0 Å². The molecule has 5 heteroatoms. The molecule has 0 radical (unpaired) electrons. The van der Waals surface area contributed by atoms with Crippen molar-refractivity contribution in [3.8, 4) is 0 Å². The molecule has 0 fully saturated rings. The molecule has 124 valence electrons. The maximum Gasteiger partial charge on any atom is 0.316 e. The predicted octanol–water partition coefficient (Wildman–Crippen LogP) is 5.29. The van der Waals surface area contributed by atoms with Crippen LogP contribution in [0.5, 0.6) is 0 Å². The van der Waals surface area contributed by atoms with Crippen molar-refractivity contribution in [3.05, 3.63) is 0 Å². The van der Waals surface area contributed by atoms with Crippen LogP contribution < -0.4 is 0 Å². The second-order valence-corrected chi connectivity index (χ2v) is 13.0. The zero-order chi connectivity index (χ0) is 17.2. The Morgan fingerprint density at radius 3 is 1.10 bits per heavy atom. The Morgan fingerprint density at radius 2 is 0.952 bits per heavy atom. The standard InChI is InChI=1S/C16H32O4Si/c1-11(2)21(12(3)4,13(17)19-15(5,6)7)14(18)20-16(8,9)10/h11-12H,1-10H3. The summed E-state index contributed by atoms with van der Waals surface area (Å²) >= 11 is 0. The van der Waals surface area contributed by atoms with Crippen molar-refractivity contribution in [2.45, 2.75) is 91.5 Å². The summed E-state index contributed by atoms with van der Waals surface area (Å²) in [7, 11) is -3.10. The molecule has 0 unspecified atom stereocenters. The smallest absolute Gasteiger partial charge is 0.316 e. The molecule has 0 bridgehead atoms. The van der Waals surface area contributed by atoms with E-state index in [-0.39, 0.29) is 22.3 Å². The van der Waals surface area contributed by atoms with Crippen molar-refractivity contribution in [3.63, 3.8) is 0 Å². The minimum Gasteiger partial charge on any atom is -0.464 e. The van der Waals surface area contributed by atoms with Crippen LogP contribution in [0.15, 0.2) is 0 Å². The van der Waals surface area contributed by atoms with Crippen molar-refractivity contribution >= 4 is 19.3 Å². The molecular formula is C16H32O4Si. The molecule has 0 saturated heterocycles. The quantitative estimate of drug-likeness (QED) is 0.661. The highest BCUT2D eigenvalue weighted by Gasteiger charge is 2.59. The highest BCUT2D eigenvalue weighted by molar-refractivity contribution is 7.24. The Balaban J connectivity index is 5.78. The third-order valence-corrected chi connectivity index (χ3v) is 8.49. The SMILES string of the molecule is CC(C)[Si](C(=O)OC(C)(C)C)(C(=O)OC(C)(C)C)C(C)C. The van der Waals surface area contributed by atoms with Gasteiger partial charge in [-0.05, 0) is 52.6 Å². The van der Waals surface area contributed by atoms with Crippen LogP contribution in [-0.2, 0) is 9.47 Å². The number of rotatable bonds is 4. The molecular weight excluding hydrogens is 284 g/mol. The van der Waals surface area contributed by atoms with Crippen LogP contribution in [0.25, 0.3) is 0 Å². The summed E-state index contributed by atoms with van der Waals surface area (Å²) in [5.74, 6) is 0. The molecule has 0 aliphatic carbocycles. The van der Waals surface area contributed by atoms with E-state index in [0.29, 0.717) is 0 Å². The number of ether oxygens (including phenoxy) is 2. The Kier molecular flexibility index (Phi) is 6.24. The first kappa shape index (κ1) is 20.2. The fourth-order valence-corrected chi connectivity index (χ4v) is 6.75. The molecule has 0 heterocycles. The predicted molar refractivity (Wildman–Crippen MR) is 88.4 cm³/mol. The maximum atomic E-state index is 12.8. The first-order valence-corrected chi connectivity index (χ1v) is 9.77. The molecule has 21 heavy (non-hydrogen) atoms. The summed E-state index contributed by atoms with van der Waals surface area (Å²) in [6.45, 7) is 18.6. The lowest BCUT2D eigenvalue weighted by molar-refractivity contribution is 0.0618. The minimum absolute atomic E-state index is 0.0813. The lowest BCUT2D eigenvalue weighted by Crippen LogP contribution is -2.60. The van der Waals surface area contributed by atoms with E-state index >= 15 is 0 Å². The zero-order valence-corrected chi connectivity index (χ0v) is 16.3. The lowest BCUT2D eigenvalue weighted by Gasteiger charge is -2.37. The Bertz CT molecular complexity index is 348. The third kappa shape index (κ3) is 5.13. The van der Waals surface area contributed by atoms with Gasteiger partial charge in [0.15, 0.2) is 0 Å². The monoisotopic (exact) mass is 316 g/mol. The second kappa shape index (κ2) is 6.51. The molecule has 0 atom stereocenters. The minimum atomic E-state index is -3.10. The van der Waals surface area contributed by atoms with Crippen LogP contribution in [0.3, 0.4) is 0 Å². The van der Waals surface area contributed by atoms with Gasteiger partial charge in [0.05, 0.1) is 0 Å². The molecule has 0 amide bonds. The highest BCUT2D eigenvalue weighted by atomic mass is 28.3. The molecule has 0 aromatic heterocycles. The van der Waals surface area contributed by atoms with E-state index < -0.39 is 19.3 Å². The van der Waals surface area contributed by atoms with Gasteiger partial charge in [-0.25, -0.2) is 0 Å². The normalized spacial score (nSPS) is 13.5. The summed E-state index contributed by atoms with van der Waals surface area (Å²) < 4.78 is 11.2. The topological polar surface area (TPSA) is 52.6 Å². The summed E-state index contributed by atoms with van der Waals surface area (Å²) in [5, 5.41) is 0. The molecule has 0 aliphatic rings. The van der Waals surface area contributed by atoms with Gasteiger partial charge >= 0.3 is 8.07 Å². The van der Waals surface area contributed by atoms with Gasteiger partial charge in [-0.1, -0.05) is 27.7 Å². The average Bonchev–Trinajstić information content (AvgIpc) is 2.09. The van der Waals surface area contributed by atoms with Gasteiger partial charge in [0, 0.05) is 0 Å². The summed E-state index contributed by atoms with van der Waals surface area (Å²) in [5.41, 5.74) is -2.12. The van der Waals surface area contributed by atoms with E-state index in [9.17, 15) is 9.59 Å². The van der Waals surface area contributed by atoms with Crippen LogP contribution in [0.4, 0.5) is 9.59 Å². The molecule has 0 spiro atoms. The molecule has 0 aromatic carbocycles. The van der Waals surface area contributed by atoms with Crippen molar-refractivity contribution < 1.29 is 19.1 Å². The van der Waals surface area contributed by atoms with Gasteiger partial charge < -0.3 is 9.47 Å². The molecule has 0 N–H and O–H groups in total. The fourth-order valence-electron chi connectivity index (χ4n) is 2.42. The number of carbonyl (C=O) groups is 2. The van der Waals surface area contributed by atoms with Gasteiger partial charge in [-0.2, -0.15) is 0 Å². The Morgan fingerprint density at radius 1 is 0.714 bits per heavy atom. The summed E-state index contributed by atoms with van der Waals surface area (Å²) in [6.07, 6.45) is 0. The van der Waals surface area contributed by atoms with Crippen LogP contribution in [-0.4, -0.2) is 30.5 Å². The largest absolute Gasteiger partial charge is 0.464 e. The van der Waals surface area contributed by atoms with Crippen LogP contribution in [0.1, 0.15) is 69.2 Å². The first-order valence-electron chi connectivity index (χ1n) is 7.61.